The zero-order chi connectivity index (χ0) is 16.7. The third kappa shape index (κ3) is 15.2. The predicted octanol–water partition coefficient (Wildman–Crippen LogP) is 4.79. The number of carbonyl (C=O) groups is 2. The van der Waals surface area contributed by atoms with E-state index in [1.807, 2.05) is 27.7 Å². The number of hydrogen-bond donors (Lipinski definition) is 1. The quantitative estimate of drug-likeness (QED) is 0.808. The van der Waals surface area contributed by atoms with Gasteiger partial charge in [0.25, 0.3) is 0 Å². The first kappa shape index (κ1) is 21.4. The van der Waals surface area contributed by atoms with Crippen molar-refractivity contribution in [2.45, 2.75) is 75.2 Å². The number of carboxylic acid groups (broad SMARTS) is 1. The van der Waals surface area contributed by atoms with E-state index in [1.165, 1.54) is 0 Å². The summed E-state index contributed by atoms with van der Waals surface area (Å²) in [5.74, 6) is -0.398. The van der Waals surface area contributed by atoms with E-state index in [1.54, 1.807) is 13.8 Å². The van der Waals surface area contributed by atoms with Gasteiger partial charge in [-0.2, -0.15) is 0 Å². The maximum Gasteiger partial charge on any atom is 0.306 e. The summed E-state index contributed by atoms with van der Waals surface area (Å²) < 4.78 is 0. The Bertz CT molecular complexity index is 273. The first-order valence-electron chi connectivity index (χ1n) is 7.39. The molecule has 120 valence electrons. The summed E-state index contributed by atoms with van der Waals surface area (Å²) in [5, 5.41) is 8.55. The Kier molecular flexibility index (Phi) is 9.04. The van der Waals surface area contributed by atoms with Gasteiger partial charge in [-0.1, -0.05) is 55.4 Å². The molecule has 2 atom stereocenters. The van der Waals surface area contributed by atoms with Gasteiger partial charge in [0.15, 0.2) is 0 Å². The lowest BCUT2D eigenvalue weighted by molar-refractivity contribution is -0.142. The molecule has 0 saturated heterocycles. The van der Waals surface area contributed by atoms with Gasteiger partial charge in [0, 0.05) is 5.92 Å². The molecule has 0 aromatic rings. The molecule has 0 fully saturated rings. The molecule has 0 rings (SSSR count). The summed E-state index contributed by atoms with van der Waals surface area (Å²) in [5.41, 5.74) is 0.406. The monoisotopic (exact) mass is 286 g/mol. The molecule has 0 spiro atoms. The van der Waals surface area contributed by atoms with Crippen LogP contribution in [0.15, 0.2) is 0 Å². The number of rotatable bonds is 4. The van der Waals surface area contributed by atoms with E-state index in [0.29, 0.717) is 5.78 Å². The minimum absolute atomic E-state index is 0.123. The van der Waals surface area contributed by atoms with Crippen molar-refractivity contribution in [3.05, 3.63) is 0 Å². The maximum atomic E-state index is 10.8. The molecule has 0 bridgehead atoms. The van der Waals surface area contributed by atoms with Crippen molar-refractivity contribution in [2.24, 2.45) is 22.7 Å². The molecule has 3 heteroatoms. The van der Waals surface area contributed by atoms with Crippen molar-refractivity contribution in [1.29, 1.82) is 0 Å². The first-order valence-corrected chi connectivity index (χ1v) is 7.39. The van der Waals surface area contributed by atoms with Gasteiger partial charge in [-0.15, -0.1) is 0 Å². The molecule has 0 aliphatic carbocycles. The molecule has 1 N–H and O–H groups in total. The highest BCUT2D eigenvalue weighted by Crippen LogP contribution is 2.24. The highest BCUT2D eigenvalue weighted by molar-refractivity contribution is 5.77. The van der Waals surface area contributed by atoms with Crippen molar-refractivity contribution >= 4 is 11.8 Å². The van der Waals surface area contributed by atoms with E-state index >= 15 is 0 Å². The topological polar surface area (TPSA) is 54.4 Å². The molecule has 0 unspecified atom stereocenters. The fourth-order valence-electron chi connectivity index (χ4n) is 2.07. The Balaban J connectivity index is 0. The van der Waals surface area contributed by atoms with Crippen LogP contribution in [0.4, 0.5) is 0 Å². The summed E-state index contributed by atoms with van der Waals surface area (Å²) in [6.45, 7) is 18.0. The Labute approximate surface area is 125 Å². The molecule has 0 aromatic heterocycles. The minimum Gasteiger partial charge on any atom is -0.481 e. The Hall–Kier alpha value is -0.860. The molecule has 0 amide bonds. The highest BCUT2D eigenvalue weighted by atomic mass is 16.4. The van der Waals surface area contributed by atoms with Crippen LogP contribution in [0.1, 0.15) is 75.2 Å². The van der Waals surface area contributed by atoms with Crippen LogP contribution in [0.3, 0.4) is 0 Å². The van der Waals surface area contributed by atoms with E-state index in [4.69, 9.17) is 5.11 Å². The van der Waals surface area contributed by atoms with Gasteiger partial charge in [0.2, 0.25) is 0 Å². The summed E-state index contributed by atoms with van der Waals surface area (Å²) in [6.07, 6.45) is 1.73. The SMILES string of the molecule is CC(=O)[C@@H](C)CC(C)(C)C.C[C@H](CC(C)(C)C)C(=O)O. The van der Waals surface area contributed by atoms with Gasteiger partial charge in [-0.05, 0) is 30.6 Å². The second-order valence-electron chi connectivity index (χ2n) is 8.28. The van der Waals surface area contributed by atoms with E-state index < -0.39 is 5.97 Å². The molecule has 0 aliphatic rings. The second-order valence-corrected chi connectivity index (χ2v) is 8.28. The van der Waals surface area contributed by atoms with Crippen molar-refractivity contribution in [2.75, 3.05) is 0 Å². The van der Waals surface area contributed by atoms with Gasteiger partial charge in [-0.25, -0.2) is 0 Å². The predicted molar refractivity (Wildman–Crippen MR) is 84.8 cm³/mol. The number of ketones is 1. The summed E-state index contributed by atoms with van der Waals surface area (Å²) in [6, 6.07) is 0. The number of carboxylic acids is 1. The smallest absolute Gasteiger partial charge is 0.306 e. The van der Waals surface area contributed by atoms with E-state index in [9.17, 15) is 9.59 Å². The second kappa shape index (κ2) is 8.43. The molecule has 3 nitrogen and oxygen atoms in total. The molecular weight excluding hydrogens is 252 g/mol. The van der Waals surface area contributed by atoms with Gasteiger partial charge in [0.1, 0.15) is 5.78 Å². The Morgan fingerprint density at radius 3 is 1.25 bits per heavy atom. The standard InChI is InChI=1S/C9H18O.C8H16O2/c1-7(8(2)10)6-9(3,4)5;1-6(7(9)10)5-8(2,3)4/h7H,6H2,1-5H3;6H,5H2,1-4H3,(H,9,10)/t7-;6-/m01/s1. The van der Waals surface area contributed by atoms with Crippen LogP contribution in [-0.4, -0.2) is 16.9 Å². The third-order valence-corrected chi connectivity index (χ3v) is 2.95. The van der Waals surface area contributed by atoms with Gasteiger partial charge in [-0.3, -0.25) is 9.59 Å². The fraction of sp³-hybridized carbons (Fsp3) is 0.882. The zero-order valence-corrected chi connectivity index (χ0v) is 14.8. The average Bonchev–Trinajstić information content (AvgIpc) is 2.12. The fourth-order valence-corrected chi connectivity index (χ4v) is 2.07. The molecule has 0 radical (unpaired) electrons. The summed E-state index contributed by atoms with van der Waals surface area (Å²) >= 11 is 0. The van der Waals surface area contributed by atoms with Crippen molar-refractivity contribution in [1.82, 2.24) is 0 Å². The number of hydrogen-bond acceptors (Lipinski definition) is 2. The average molecular weight is 286 g/mol. The highest BCUT2D eigenvalue weighted by Gasteiger charge is 2.19. The summed E-state index contributed by atoms with van der Waals surface area (Å²) in [7, 11) is 0. The first-order chi connectivity index (χ1) is 8.65. The van der Waals surface area contributed by atoms with E-state index in [2.05, 4.69) is 20.8 Å². The molecule has 0 heterocycles. The van der Waals surface area contributed by atoms with Crippen LogP contribution in [-0.2, 0) is 9.59 Å². The third-order valence-electron chi connectivity index (χ3n) is 2.95. The molecule has 20 heavy (non-hydrogen) atoms. The number of carbonyl (C=O) groups excluding carboxylic acids is 1. The van der Waals surface area contributed by atoms with Crippen LogP contribution >= 0.6 is 0 Å². The van der Waals surface area contributed by atoms with Crippen LogP contribution in [0.5, 0.6) is 0 Å². The van der Waals surface area contributed by atoms with Gasteiger partial charge in [0.05, 0.1) is 5.92 Å². The lowest BCUT2D eigenvalue weighted by atomic mass is 9.84. The Morgan fingerprint density at radius 1 is 0.850 bits per heavy atom. The number of Topliss-reactive ketones (excluding diaryl/α,β-unsaturated/α-hetero) is 1. The van der Waals surface area contributed by atoms with Gasteiger partial charge < -0.3 is 5.11 Å². The normalized spacial score (nSPS) is 14.8. The summed E-state index contributed by atoms with van der Waals surface area (Å²) in [4.78, 5) is 21.2. The maximum absolute atomic E-state index is 10.8. The molecule has 0 aliphatic heterocycles. The van der Waals surface area contributed by atoms with Crippen LogP contribution in [0, 0.1) is 22.7 Å². The van der Waals surface area contributed by atoms with Crippen molar-refractivity contribution < 1.29 is 14.7 Å². The Morgan fingerprint density at radius 2 is 1.15 bits per heavy atom. The lowest BCUT2D eigenvalue weighted by Crippen LogP contribution is -2.17. The largest absolute Gasteiger partial charge is 0.481 e. The zero-order valence-electron chi connectivity index (χ0n) is 14.8. The molecule has 0 aromatic carbocycles. The minimum atomic E-state index is -0.699. The van der Waals surface area contributed by atoms with Crippen molar-refractivity contribution in [3.63, 3.8) is 0 Å². The van der Waals surface area contributed by atoms with E-state index in [-0.39, 0.29) is 22.7 Å². The van der Waals surface area contributed by atoms with Crippen LogP contribution in [0.2, 0.25) is 0 Å². The van der Waals surface area contributed by atoms with E-state index in [0.717, 1.165) is 12.8 Å². The molecule has 0 saturated carbocycles. The van der Waals surface area contributed by atoms with Gasteiger partial charge >= 0.3 is 5.97 Å². The molecular formula is C17H34O3. The van der Waals surface area contributed by atoms with Crippen LogP contribution < -0.4 is 0 Å². The van der Waals surface area contributed by atoms with Crippen LogP contribution in [0.25, 0.3) is 0 Å². The van der Waals surface area contributed by atoms with Crippen molar-refractivity contribution in [3.8, 4) is 0 Å². The lowest BCUT2D eigenvalue weighted by Gasteiger charge is -2.21. The number of aliphatic carboxylic acids is 1.